The van der Waals surface area contributed by atoms with Crippen LogP contribution in [0.3, 0.4) is 0 Å². The van der Waals surface area contributed by atoms with Crippen molar-refractivity contribution in [3.8, 4) is 0 Å². The summed E-state index contributed by atoms with van der Waals surface area (Å²) in [5.74, 6) is 1.02. The number of allylic oxidation sites excluding steroid dienone is 1. The molecule has 0 saturated heterocycles. The first-order valence-corrected chi connectivity index (χ1v) is 5.59. The van der Waals surface area contributed by atoms with E-state index in [1.807, 2.05) is 6.92 Å². The molecule has 0 saturated carbocycles. The van der Waals surface area contributed by atoms with Gasteiger partial charge in [-0.2, -0.15) is 5.10 Å². The average Bonchev–Trinajstić information content (AvgIpc) is 2.18. The van der Waals surface area contributed by atoms with Crippen molar-refractivity contribution in [1.29, 1.82) is 0 Å². The molecule has 0 amide bonds. The molecule has 0 aromatic carbocycles. The third-order valence-corrected chi connectivity index (χ3v) is 3.47. The first-order chi connectivity index (χ1) is 6.70. The maximum absolute atomic E-state index is 11.5. The van der Waals surface area contributed by atoms with E-state index in [1.54, 1.807) is 11.8 Å². The van der Waals surface area contributed by atoms with Gasteiger partial charge in [-0.15, -0.1) is 11.8 Å². The number of fused-ring (bicyclic) bond motifs is 1. The van der Waals surface area contributed by atoms with Gasteiger partial charge in [0.05, 0.1) is 10.6 Å². The lowest BCUT2D eigenvalue weighted by atomic mass is 10.1. The zero-order chi connectivity index (χ0) is 10.1. The van der Waals surface area contributed by atoms with Crippen molar-refractivity contribution >= 4 is 17.3 Å². The molecule has 1 aromatic rings. The summed E-state index contributed by atoms with van der Waals surface area (Å²) in [6.45, 7) is 5.79. The van der Waals surface area contributed by atoms with E-state index in [0.717, 1.165) is 40.3 Å². The number of hydrogen-bond acceptors (Lipinski definition) is 3. The zero-order valence-electron chi connectivity index (χ0n) is 8.09. The Morgan fingerprint density at radius 2 is 2.43 bits per heavy atom. The molecule has 1 aliphatic heterocycles. The third kappa shape index (κ3) is 1.50. The first kappa shape index (κ1) is 9.52. The SMILES string of the molecule is C=C(C)c1n[nH]c(=O)c2c1CCCS2. The smallest absolute Gasteiger partial charge is 0.267 e. The van der Waals surface area contributed by atoms with Crippen molar-refractivity contribution in [3.63, 3.8) is 0 Å². The number of nitrogens with zero attached hydrogens (tertiary/aromatic N) is 1. The van der Waals surface area contributed by atoms with Crippen LogP contribution in [-0.4, -0.2) is 16.0 Å². The van der Waals surface area contributed by atoms with E-state index in [4.69, 9.17) is 0 Å². The van der Waals surface area contributed by atoms with E-state index >= 15 is 0 Å². The number of hydrogen-bond donors (Lipinski definition) is 1. The standard InChI is InChI=1S/C10H12N2OS/c1-6(2)8-7-4-3-5-14-9(7)10(13)12-11-8/h1,3-5H2,2H3,(H,12,13). The van der Waals surface area contributed by atoms with Crippen molar-refractivity contribution in [3.05, 3.63) is 28.2 Å². The average molecular weight is 208 g/mol. The molecule has 4 heteroatoms. The van der Waals surface area contributed by atoms with E-state index in [2.05, 4.69) is 16.8 Å². The summed E-state index contributed by atoms with van der Waals surface area (Å²) in [7, 11) is 0. The topological polar surface area (TPSA) is 45.8 Å². The van der Waals surface area contributed by atoms with Gasteiger partial charge in [0.25, 0.3) is 5.56 Å². The van der Waals surface area contributed by atoms with Gasteiger partial charge in [-0.3, -0.25) is 4.79 Å². The molecule has 3 nitrogen and oxygen atoms in total. The summed E-state index contributed by atoms with van der Waals surface area (Å²) >= 11 is 1.62. The Bertz CT molecular complexity index is 436. The zero-order valence-corrected chi connectivity index (χ0v) is 8.91. The molecule has 2 heterocycles. The van der Waals surface area contributed by atoms with Crippen LogP contribution in [0.1, 0.15) is 24.6 Å². The summed E-state index contributed by atoms with van der Waals surface area (Å²) < 4.78 is 0. The highest BCUT2D eigenvalue weighted by Gasteiger charge is 2.18. The van der Waals surface area contributed by atoms with Gasteiger partial charge in [0.1, 0.15) is 0 Å². The van der Waals surface area contributed by atoms with Crippen molar-refractivity contribution in [2.24, 2.45) is 0 Å². The molecule has 0 aliphatic carbocycles. The lowest BCUT2D eigenvalue weighted by Gasteiger charge is -2.16. The van der Waals surface area contributed by atoms with Crippen LogP contribution in [0, 0.1) is 0 Å². The maximum atomic E-state index is 11.5. The van der Waals surface area contributed by atoms with Gasteiger partial charge in [-0.05, 0) is 36.7 Å². The van der Waals surface area contributed by atoms with E-state index < -0.39 is 0 Å². The lowest BCUT2D eigenvalue weighted by molar-refractivity contribution is 0.816. The number of aromatic amines is 1. The van der Waals surface area contributed by atoms with Crippen LogP contribution in [0.5, 0.6) is 0 Å². The monoisotopic (exact) mass is 208 g/mol. The molecule has 0 spiro atoms. The fraction of sp³-hybridized carbons (Fsp3) is 0.400. The van der Waals surface area contributed by atoms with Crippen molar-refractivity contribution in [1.82, 2.24) is 10.2 Å². The van der Waals surface area contributed by atoms with Gasteiger partial charge >= 0.3 is 0 Å². The van der Waals surface area contributed by atoms with Crippen LogP contribution in [0.15, 0.2) is 16.3 Å². The van der Waals surface area contributed by atoms with Crippen molar-refractivity contribution in [2.75, 3.05) is 5.75 Å². The Morgan fingerprint density at radius 3 is 3.14 bits per heavy atom. The Morgan fingerprint density at radius 1 is 1.64 bits per heavy atom. The molecule has 2 rings (SSSR count). The molecule has 0 bridgehead atoms. The van der Waals surface area contributed by atoms with Crippen LogP contribution < -0.4 is 5.56 Å². The minimum Gasteiger partial charge on any atom is -0.267 e. The molecule has 14 heavy (non-hydrogen) atoms. The van der Waals surface area contributed by atoms with Gasteiger partial charge in [0.2, 0.25) is 0 Å². The lowest BCUT2D eigenvalue weighted by Crippen LogP contribution is -2.19. The Labute approximate surface area is 86.6 Å². The van der Waals surface area contributed by atoms with E-state index in [-0.39, 0.29) is 5.56 Å². The second kappa shape index (κ2) is 3.61. The van der Waals surface area contributed by atoms with Gasteiger partial charge in [-0.25, -0.2) is 5.10 Å². The normalized spacial score (nSPS) is 14.9. The fourth-order valence-corrected chi connectivity index (χ4v) is 2.67. The summed E-state index contributed by atoms with van der Waals surface area (Å²) in [6.07, 6.45) is 2.06. The largest absolute Gasteiger partial charge is 0.278 e. The second-order valence-corrected chi connectivity index (χ2v) is 4.55. The summed E-state index contributed by atoms with van der Waals surface area (Å²) in [6, 6.07) is 0. The highest BCUT2D eigenvalue weighted by molar-refractivity contribution is 7.99. The quantitative estimate of drug-likeness (QED) is 0.766. The Balaban J connectivity index is 2.65. The first-order valence-electron chi connectivity index (χ1n) is 4.60. The molecular formula is C10H12N2OS. The summed E-state index contributed by atoms with van der Waals surface area (Å²) in [4.78, 5) is 12.3. The van der Waals surface area contributed by atoms with Crippen LogP contribution in [0.25, 0.3) is 5.57 Å². The Kier molecular flexibility index (Phi) is 2.46. The Hall–Kier alpha value is -1.03. The molecule has 1 aliphatic rings. The molecule has 1 N–H and O–H groups in total. The maximum Gasteiger partial charge on any atom is 0.278 e. The predicted octanol–water partition coefficient (Wildman–Crippen LogP) is 1.84. The third-order valence-electron chi connectivity index (χ3n) is 2.26. The predicted molar refractivity (Wildman–Crippen MR) is 58.6 cm³/mol. The van der Waals surface area contributed by atoms with Crippen LogP contribution >= 0.6 is 11.8 Å². The number of H-pyrrole nitrogens is 1. The summed E-state index contributed by atoms with van der Waals surface area (Å²) in [5, 5.41) is 6.56. The molecule has 74 valence electrons. The van der Waals surface area contributed by atoms with Crippen LogP contribution in [-0.2, 0) is 6.42 Å². The fourth-order valence-electron chi connectivity index (χ4n) is 1.63. The molecule has 0 radical (unpaired) electrons. The molecule has 0 atom stereocenters. The molecule has 0 fully saturated rings. The number of nitrogens with one attached hydrogen (secondary N) is 1. The minimum absolute atomic E-state index is 0.0605. The number of rotatable bonds is 1. The van der Waals surface area contributed by atoms with Crippen LogP contribution in [0.2, 0.25) is 0 Å². The molecule has 1 aromatic heterocycles. The van der Waals surface area contributed by atoms with E-state index in [9.17, 15) is 4.79 Å². The second-order valence-electron chi connectivity index (χ2n) is 3.44. The van der Waals surface area contributed by atoms with Gasteiger partial charge in [0, 0.05) is 0 Å². The number of thioether (sulfide) groups is 1. The molecule has 0 unspecified atom stereocenters. The number of aromatic nitrogens is 2. The van der Waals surface area contributed by atoms with Crippen LogP contribution in [0.4, 0.5) is 0 Å². The van der Waals surface area contributed by atoms with Gasteiger partial charge in [0.15, 0.2) is 0 Å². The van der Waals surface area contributed by atoms with Gasteiger partial charge < -0.3 is 0 Å². The minimum atomic E-state index is -0.0605. The van der Waals surface area contributed by atoms with E-state index in [1.165, 1.54) is 0 Å². The van der Waals surface area contributed by atoms with Crippen molar-refractivity contribution < 1.29 is 0 Å². The highest BCUT2D eigenvalue weighted by Crippen LogP contribution is 2.29. The molecular weight excluding hydrogens is 196 g/mol. The highest BCUT2D eigenvalue weighted by atomic mass is 32.2. The van der Waals surface area contributed by atoms with Crippen molar-refractivity contribution in [2.45, 2.75) is 24.7 Å². The van der Waals surface area contributed by atoms with Gasteiger partial charge in [-0.1, -0.05) is 6.58 Å². The summed E-state index contributed by atoms with van der Waals surface area (Å²) in [5.41, 5.74) is 2.80. The van der Waals surface area contributed by atoms with E-state index in [0.29, 0.717) is 0 Å².